The van der Waals surface area contributed by atoms with Crippen molar-refractivity contribution in [2.75, 3.05) is 0 Å². The topological polar surface area (TPSA) is 69.7 Å². The summed E-state index contributed by atoms with van der Waals surface area (Å²) in [4.78, 5) is 35.5. The number of hydrogen-bond acceptors (Lipinski definition) is 5. The van der Waals surface area contributed by atoms with Crippen LogP contribution in [0.25, 0.3) is 0 Å². The van der Waals surface area contributed by atoms with Crippen LogP contribution in [0.15, 0.2) is 0 Å². The molecule has 0 saturated heterocycles. The van der Waals surface area contributed by atoms with Crippen LogP contribution in [-0.2, 0) is 19.1 Å². The fourth-order valence-corrected chi connectivity index (χ4v) is 1.78. The normalized spacial score (nSPS) is 12.9. The molecule has 0 fully saturated rings. The van der Waals surface area contributed by atoms with Gasteiger partial charge in [0, 0.05) is 0 Å². The van der Waals surface area contributed by atoms with Crippen LogP contribution in [0.4, 0.5) is 4.79 Å². The van der Waals surface area contributed by atoms with Crippen molar-refractivity contribution in [3.05, 3.63) is 0 Å². The maximum Gasteiger partial charge on any atom is 0.509 e. The Labute approximate surface area is 131 Å². The van der Waals surface area contributed by atoms with E-state index in [1.165, 1.54) is 0 Å². The number of hydrogen-bond donors (Lipinski definition) is 0. The number of carbonyl (C=O) groups excluding carboxylic acids is 3. The van der Waals surface area contributed by atoms with E-state index in [2.05, 4.69) is 11.8 Å². The lowest BCUT2D eigenvalue weighted by Gasteiger charge is -2.23. The lowest BCUT2D eigenvalue weighted by atomic mass is 10.0. The molecule has 0 aromatic rings. The molecule has 0 aliphatic carbocycles. The quantitative estimate of drug-likeness (QED) is 0.508. The highest BCUT2D eigenvalue weighted by atomic mass is 16.7. The van der Waals surface area contributed by atoms with E-state index in [-0.39, 0.29) is 36.2 Å². The first-order valence-electron chi connectivity index (χ1n) is 7.04. The number of Topliss-reactive ketones (excluding diaryl/α,β-unsaturated/α-hetero) is 2. The summed E-state index contributed by atoms with van der Waals surface area (Å²) in [5.41, 5.74) is 0. The zero-order valence-corrected chi connectivity index (χ0v) is 13.4. The van der Waals surface area contributed by atoms with Gasteiger partial charge in [-0.05, 0) is 11.8 Å². The molecular weight excluding hydrogens is 284 g/mol. The Morgan fingerprint density at radius 3 is 1.36 bits per heavy atom. The average Bonchev–Trinajstić information content (AvgIpc) is 2.41. The molecule has 0 aromatic carbocycles. The highest BCUT2D eigenvalue weighted by molar-refractivity contribution is 5.88. The van der Waals surface area contributed by atoms with Gasteiger partial charge in [-0.1, -0.05) is 39.5 Å². The Bertz CT molecular complexity index is 446. The molecule has 22 heavy (non-hydrogen) atoms. The van der Waals surface area contributed by atoms with Crippen molar-refractivity contribution in [3.8, 4) is 24.7 Å². The first-order chi connectivity index (χ1) is 10.2. The summed E-state index contributed by atoms with van der Waals surface area (Å²) in [7, 11) is 0. The molecule has 0 spiro atoms. The smallest absolute Gasteiger partial charge is 0.423 e. The minimum atomic E-state index is -1.08. The third-order valence-corrected chi connectivity index (χ3v) is 2.84. The minimum Gasteiger partial charge on any atom is -0.423 e. The maximum absolute atomic E-state index is 11.8. The van der Waals surface area contributed by atoms with Crippen molar-refractivity contribution in [1.82, 2.24) is 0 Å². The first-order valence-corrected chi connectivity index (χ1v) is 7.04. The highest BCUT2D eigenvalue weighted by Crippen LogP contribution is 2.15. The summed E-state index contributed by atoms with van der Waals surface area (Å²) in [5.74, 6) is 3.14. The number of rotatable bonds is 8. The fourth-order valence-electron chi connectivity index (χ4n) is 1.78. The minimum absolute atomic E-state index is 0.139. The summed E-state index contributed by atoms with van der Waals surface area (Å²) in [6.07, 6.45) is 6.82. The van der Waals surface area contributed by atoms with Crippen molar-refractivity contribution >= 4 is 17.7 Å². The van der Waals surface area contributed by atoms with Crippen molar-refractivity contribution in [3.63, 3.8) is 0 Å². The van der Waals surface area contributed by atoms with Crippen LogP contribution in [0.5, 0.6) is 0 Å². The number of carbonyl (C=O) groups is 3. The van der Waals surface area contributed by atoms with Crippen LogP contribution in [0.1, 0.15) is 40.5 Å². The van der Waals surface area contributed by atoms with Gasteiger partial charge in [-0.15, -0.1) is 12.8 Å². The molecule has 0 rings (SSSR count). The van der Waals surface area contributed by atoms with E-state index < -0.39 is 18.4 Å². The molecule has 5 nitrogen and oxygen atoms in total. The highest BCUT2D eigenvalue weighted by Gasteiger charge is 2.30. The Hall–Kier alpha value is -2.27. The Morgan fingerprint density at radius 1 is 0.818 bits per heavy atom. The van der Waals surface area contributed by atoms with Gasteiger partial charge in [-0.2, -0.15) is 0 Å². The second-order valence-corrected chi connectivity index (χ2v) is 5.51. The van der Waals surface area contributed by atoms with Crippen molar-refractivity contribution in [2.45, 2.75) is 52.7 Å². The Kier molecular flexibility index (Phi) is 8.63. The second-order valence-electron chi connectivity index (χ2n) is 5.51. The predicted octanol–water partition coefficient (Wildman–Crippen LogP) is 2.37. The second kappa shape index (κ2) is 9.63. The molecule has 5 heteroatoms. The van der Waals surface area contributed by atoms with Crippen molar-refractivity contribution in [1.29, 1.82) is 0 Å². The van der Waals surface area contributed by atoms with Gasteiger partial charge >= 0.3 is 6.16 Å². The summed E-state index contributed by atoms with van der Waals surface area (Å²) in [6, 6.07) is 0. The molecule has 2 atom stereocenters. The molecule has 0 saturated carbocycles. The van der Waals surface area contributed by atoms with Gasteiger partial charge in [0.15, 0.2) is 23.8 Å². The summed E-state index contributed by atoms with van der Waals surface area (Å²) < 4.78 is 10.1. The number of ketones is 2. The third kappa shape index (κ3) is 6.45. The van der Waals surface area contributed by atoms with Crippen LogP contribution in [0.3, 0.4) is 0 Å². The van der Waals surface area contributed by atoms with E-state index in [1.54, 1.807) is 27.7 Å². The summed E-state index contributed by atoms with van der Waals surface area (Å²) in [6.45, 7) is 6.87. The lowest BCUT2D eigenvalue weighted by molar-refractivity contribution is -0.135. The Morgan fingerprint density at radius 2 is 1.14 bits per heavy atom. The molecule has 120 valence electrons. The van der Waals surface area contributed by atoms with E-state index >= 15 is 0 Å². The molecule has 0 amide bonds. The fraction of sp³-hybridized carbons (Fsp3) is 0.588. The monoisotopic (exact) mass is 306 g/mol. The molecule has 0 bridgehead atoms. The van der Waals surface area contributed by atoms with Crippen molar-refractivity contribution in [2.24, 2.45) is 11.8 Å². The largest absolute Gasteiger partial charge is 0.509 e. The van der Waals surface area contributed by atoms with Gasteiger partial charge in [0.1, 0.15) is 0 Å². The van der Waals surface area contributed by atoms with Crippen LogP contribution in [0, 0.1) is 36.5 Å². The lowest BCUT2D eigenvalue weighted by Crippen LogP contribution is -2.37. The molecule has 0 aliphatic rings. The van der Waals surface area contributed by atoms with Crippen LogP contribution in [0.2, 0.25) is 0 Å². The number of terminal acetylenes is 2. The van der Waals surface area contributed by atoms with E-state index in [9.17, 15) is 14.4 Å². The van der Waals surface area contributed by atoms with Crippen LogP contribution < -0.4 is 0 Å². The van der Waals surface area contributed by atoms with Gasteiger partial charge in [-0.3, -0.25) is 9.59 Å². The zero-order valence-electron chi connectivity index (χ0n) is 13.4. The maximum atomic E-state index is 11.8. The SMILES string of the molecule is C#CCC(=O)C(OC(=O)OC(C(=O)CC#C)C(C)C)C(C)C. The van der Waals surface area contributed by atoms with Gasteiger partial charge in [-0.25, -0.2) is 4.79 Å². The van der Waals surface area contributed by atoms with Crippen molar-refractivity contribution < 1.29 is 23.9 Å². The molecule has 0 radical (unpaired) electrons. The first kappa shape index (κ1) is 19.7. The summed E-state index contributed by atoms with van der Waals surface area (Å²) in [5, 5.41) is 0. The standard InChI is InChI=1S/C17H22O5/c1-7-9-13(18)15(11(3)4)21-17(20)22-16(12(5)6)14(19)10-8-2/h1-2,11-12,15-16H,9-10H2,3-6H3. The van der Waals surface area contributed by atoms with Crippen LogP contribution >= 0.6 is 0 Å². The van der Waals surface area contributed by atoms with Crippen LogP contribution in [-0.4, -0.2) is 29.9 Å². The third-order valence-electron chi connectivity index (χ3n) is 2.84. The summed E-state index contributed by atoms with van der Waals surface area (Å²) >= 11 is 0. The van der Waals surface area contributed by atoms with E-state index in [0.717, 1.165) is 0 Å². The van der Waals surface area contributed by atoms with Gasteiger partial charge in [0.05, 0.1) is 12.8 Å². The molecular formula is C17H22O5. The zero-order chi connectivity index (χ0) is 17.3. The number of ether oxygens (including phenoxy) is 2. The predicted molar refractivity (Wildman–Crippen MR) is 81.7 cm³/mol. The van der Waals surface area contributed by atoms with E-state index in [4.69, 9.17) is 22.3 Å². The van der Waals surface area contributed by atoms with Gasteiger partial charge in [0.25, 0.3) is 0 Å². The van der Waals surface area contributed by atoms with Gasteiger partial charge in [0.2, 0.25) is 0 Å². The van der Waals surface area contributed by atoms with Gasteiger partial charge < -0.3 is 9.47 Å². The van der Waals surface area contributed by atoms with E-state index in [1.807, 2.05) is 0 Å². The van der Waals surface area contributed by atoms with E-state index in [0.29, 0.717) is 0 Å². The molecule has 0 aromatic heterocycles. The Balaban J connectivity index is 4.87. The molecule has 2 unspecified atom stereocenters. The average molecular weight is 306 g/mol. The molecule has 0 heterocycles. The molecule has 0 aliphatic heterocycles. The molecule has 0 N–H and O–H groups in total.